The van der Waals surface area contributed by atoms with Crippen molar-refractivity contribution in [2.45, 2.75) is 13.0 Å². The van der Waals surface area contributed by atoms with Gasteiger partial charge in [0.25, 0.3) is 11.8 Å². The van der Waals surface area contributed by atoms with Crippen LogP contribution in [0.1, 0.15) is 6.92 Å². The van der Waals surface area contributed by atoms with Crippen molar-refractivity contribution < 1.29 is 19.1 Å². The van der Waals surface area contributed by atoms with E-state index in [2.05, 4.69) is 10.9 Å². The zero-order valence-electron chi connectivity index (χ0n) is 16.6. The minimum Gasteiger partial charge on any atom is -0.484 e. The molecule has 31 heavy (non-hydrogen) atoms. The van der Waals surface area contributed by atoms with Crippen LogP contribution >= 0.6 is 23.2 Å². The zero-order valence-corrected chi connectivity index (χ0v) is 18.1. The van der Waals surface area contributed by atoms with Crippen molar-refractivity contribution in [2.24, 2.45) is 0 Å². The van der Waals surface area contributed by atoms with Gasteiger partial charge in [-0.3, -0.25) is 20.4 Å². The summed E-state index contributed by atoms with van der Waals surface area (Å²) >= 11 is 11.9. The molecule has 2 amide bonds. The second-order valence-electron chi connectivity index (χ2n) is 6.55. The van der Waals surface area contributed by atoms with Gasteiger partial charge in [0.15, 0.2) is 12.7 Å². The van der Waals surface area contributed by atoms with Gasteiger partial charge in [0.05, 0.1) is 5.02 Å². The number of halogens is 2. The van der Waals surface area contributed by atoms with E-state index < -0.39 is 17.9 Å². The van der Waals surface area contributed by atoms with Gasteiger partial charge in [0.1, 0.15) is 11.5 Å². The average molecular weight is 459 g/mol. The normalized spacial score (nSPS) is 11.3. The molecule has 1 unspecified atom stereocenters. The van der Waals surface area contributed by atoms with Crippen molar-refractivity contribution in [3.8, 4) is 22.6 Å². The number of benzene rings is 3. The van der Waals surface area contributed by atoms with Gasteiger partial charge >= 0.3 is 0 Å². The first-order chi connectivity index (χ1) is 14.9. The van der Waals surface area contributed by atoms with E-state index in [1.54, 1.807) is 24.3 Å². The second kappa shape index (κ2) is 10.7. The van der Waals surface area contributed by atoms with Crippen molar-refractivity contribution in [1.29, 1.82) is 0 Å². The number of ether oxygens (including phenoxy) is 2. The zero-order chi connectivity index (χ0) is 22.2. The monoisotopic (exact) mass is 458 g/mol. The fourth-order valence-corrected chi connectivity index (χ4v) is 3.06. The van der Waals surface area contributed by atoms with E-state index >= 15 is 0 Å². The number of amides is 2. The Morgan fingerprint density at radius 3 is 2.26 bits per heavy atom. The molecule has 0 aromatic heterocycles. The molecule has 6 nitrogen and oxygen atoms in total. The van der Waals surface area contributed by atoms with Crippen LogP contribution in [0.3, 0.4) is 0 Å². The van der Waals surface area contributed by atoms with Crippen LogP contribution in [0.2, 0.25) is 10.0 Å². The predicted molar refractivity (Wildman–Crippen MR) is 120 cm³/mol. The van der Waals surface area contributed by atoms with Gasteiger partial charge in [-0.05, 0) is 48.4 Å². The third-order valence-corrected chi connectivity index (χ3v) is 4.75. The van der Waals surface area contributed by atoms with E-state index in [0.717, 1.165) is 11.1 Å². The van der Waals surface area contributed by atoms with Crippen molar-refractivity contribution in [3.63, 3.8) is 0 Å². The molecular weight excluding hydrogens is 439 g/mol. The lowest BCUT2D eigenvalue weighted by molar-refractivity contribution is -0.133. The minimum absolute atomic E-state index is 0.261. The molecule has 0 saturated carbocycles. The maximum Gasteiger partial charge on any atom is 0.279 e. The lowest BCUT2D eigenvalue weighted by Crippen LogP contribution is -2.48. The summed E-state index contributed by atoms with van der Waals surface area (Å²) in [5, 5.41) is 0.735. The lowest BCUT2D eigenvalue weighted by atomic mass is 10.1. The molecule has 0 aliphatic heterocycles. The van der Waals surface area contributed by atoms with Crippen LogP contribution in [0.25, 0.3) is 11.1 Å². The van der Waals surface area contributed by atoms with Crippen LogP contribution in [0.15, 0.2) is 72.8 Å². The molecule has 2 N–H and O–H groups in total. The molecule has 8 heteroatoms. The summed E-state index contributed by atoms with van der Waals surface area (Å²) in [5.74, 6) is -0.221. The second-order valence-corrected chi connectivity index (χ2v) is 7.39. The Balaban J connectivity index is 1.42. The number of rotatable bonds is 7. The number of nitrogens with one attached hydrogen (secondary N) is 2. The van der Waals surface area contributed by atoms with Gasteiger partial charge < -0.3 is 9.47 Å². The Bertz CT molecular complexity index is 1040. The van der Waals surface area contributed by atoms with E-state index in [1.165, 1.54) is 13.0 Å². The van der Waals surface area contributed by atoms with Crippen LogP contribution in [0.5, 0.6) is 11.5 Å². The predicted octanol–water partition coefficient (Wildman–Crippen LogP) is 4.65. The Kier molecular flexibility index (Phi) is 7.76. The summed E-state index contributed by atoms with van der Waals surface area (Å²) in [5.41, 5.74) is 6.70. The number of carbonyl (C=O) groups excluding carboxylic acids is 2. The minimum atomic E-state index is -0.898. The molecule has 1 atom stereocenters. The van der Waals surface area contributed by atoms with Gasteiger partial charge in [0, 0.05) is 5.02 Å². The van der Waals surface area contributed by atoms with E-state index in [4.69, 9.17) is 32.7 Å². The quantitative estimate of drug-likeness (QED) is 0.505. The van der Waals surface area contributed by atoms with E-state index in [1.807, 2.05) is 42.5 Å². The Hall–Kier alpha value is -3.22. The Labute approximate surface area is 190 Å². The molecule has 3 aromatic rings. The fraction of sp³-hybridized carbons (Fsp3) is 0.130. The molecule has 160 valence electrons. The maximum absolute atomic E-state index is 12.1. The highest BCUT2D eigenvalue weighted by molar-refractivity contribution is 6.35. The topological polar surface area (TPSA) is 76.7 Å². The molecule has 3 aromatic carbocycles. The maximum atomic E-state index is 12.1. The molecule has 0 bridgehead atoms. The average Bonchev–Trinajstić information content (AvgIpc) is 2.78. The van der Waals surface area contributed by atoms with E-state index in [-0.39, 0.29) is 11.6 Å². The van der Waals surface area contributed by atoms with Gasteiger partial charge in [-0.1, -0.05) is 65.7 Å². The third-order valence-electron chi connectivity index (χ3n) is 4.22. The standard InChI is InChI=1S/C23H20Cl2N2O4/c1-15(31-21-12-9-18(24)13-20(21)25)23(29)27-26-22(28)14-30-19-10-7-17(8-11-19)16-5-3-2-4-6-16/h2-13,15H,14H2,1H3,(H,26,28)(H,27,29). The Morgan fingerprint density at radius 1 is 0.903 bits per heavy atom. The van der Waals surface area contributed by atoms with Gasteiger partial charge in [0.2, 0.25) is 0 Å². The number of hydrazine groups is 1. The molecular formula is C23H20Cl2N2O4. The smallest absolute Gasteiger partial charge is 0.279 e. The molecule has 0 radical (unpaired) electrons. The SMILES string of the molecule is CC(Oc1ccc(Cl)cc1Cl)C(=O)NNC(=O)COc1ccc(-c2ccccc2)cc1. The van der Waals surface area contributed by atoms with Crippen molar-refractivity contribution >= 4 is 35.0 Å². The third kappa shape index (κ3) is 6.64. The summed E-state index contributed by atoms with van der Waals surface area (Å²) in [6.07, 6.45) is -0.898. The summed E-state index contributed by atoms with van der Waals surface area (Å²) < 4.78 is 10.9. The first-order valence-electron chi connectivity index (χ1n) is 9.41. The van der Waals surface area contributed by atoms with Crippen molar-refractivity contribution in [1.82, 2.24) is 10.9 Å². The molecule has 0 fully saturated rings. The lowest BCUT2D eigenvalue weighted by Gasteiger charge is -2.16. The molecule has 0 heterocycles. The molecule has 0 aliphatic rings. The van der Waals surface area contributed by atoms with Crippen LogP contribution in [-0.2, 0) is 9.59 Å². The summed E-state index contributed by atoms with van der Waals surface area (Å²) in [4.78, 5) is 24.1. The number of hydrogen-bond acceptors (Lipinski definition) is 4. The first-order valence-corrected chi connectivity index (χ1v) is 10.2. The molecule has 3 rings (SSSR count). The molecule has 0 aliphatic carbocycles. The highest BCUT2D eigenvalue weighted by Crippen LogP contribution is 2.28. The van der Waals surface area contributed by atoms with Gasteiger partial charge in [-0.25, -0.2) is 0 Å². The first kappa shape index (κ1) is 22.5. The van der Waals surface area contributed by atoms with Crippen LogP contribution in [-0.4, -0.2) is 24.5 Å². The molecule has 0 saturated heterocycles. The number of carbonyl (C=O) groups is 2. The van der Waals surface area contributed by atoms with Gasteiger partial charge in [-0.15, -0.1) is 0 Å². The fourth-order valence-electron chi connectivity index (χ4n) is 2.61. The Morgan fingerprint density at radius 2 is 1.58 bits per heavy atom. The van der Waals surface area contributed by atoms with Crippen molar-refractivity contribution in [2.75, 3.05) is 6.61 Å². The summed E-state index contributed by atoms with van der Waals surface area (Å²) in [6.45, 7) is 1.26. The van der Waals surface area contributed by atoms with Crippen molar-refractivity contribution in [3.05, 3.63) is 82.8 Å². The highest BCUT2D eigenvalue weighted by Gasteiger charge is 2.17. The van der Waals surface area contributed by atoms with E-state index in [0.29, 0.717) is 16.5 Å². The summed E-state index contributed by atoms with van der Waals surface area (Å²) in [7, 11) is 0. The van der Waals surface area contributed by atoms with Gasteiger partial charge in [-0.2, -0.15) is 0 Å². The van der Waals surface area contributed by atoms with Crippen LogP contribution in [0.4, 0.5) is 0 Å². The van der Waals surface area contributed by atoms with E-state index in [9.17, 15) is 9.59 Å². The number of hydrogen-bond donors (Lipinski definition) is 2. The van der Waals surface area contributed by atoms with Crippen LogP contribution in [0, 0.1) is 0 Å². The largest absolute Gasteiger partial charge is 0.484 e. The molecule has 0 spiro atoms. The van der Waals surface area contributed by atoms with Crippen LogP contribution < -0.4 is 20.3 Å². The highest BCUT2D eigenvalue weighted by atomic mass is 35.5. The summed E-state index contributed by atoms with van der Waals surface area (Å²) in [6, 6.07) is 21.9.